The highest BCUT2D eigenvalue weighted by Crippen LogP contribution is 2.18. The summed E-state index contributed by atoms with van der Waals surface area (Å²) in [6, 6.07) is 17.5. The maximum absolute atomic E-state index is 12.6. The average molecular weight is 319 g/mol. The first-order valence-electron chi connectivity index (χ1n) is 8.12. The Bertz CT molecular complexity index is 780. The molecule has 2 aromatic carbocycles. The molecule has 2 amide bonds. The van der Waals surface area contributed by atoms with Crippen LogP contribution in [0.4, 0.5) is 4.79 Å². The van der Waals surface area contributed by atoms with Crippen molar-refractivity contribution in [1.82, 2.24) is 10.2 Å². The molecule has 1 aliphatic rings. The smallest absolute Gasteiger partial charge is 0.320 e. The van der Waals surface area contributed by atoms with Crippen LogP contribution in [0.5, 0.6) is 0 Å². The van der Waals surface area contributed by atoms with Crippen molar-refractivity contribution in [2.75, 3.05) is 6.54 Å². The second-order valence-electron chi connectivity index (χ2n) is 5.81. The number of carbonyl (C=O) groups is 1. The monoisotopic (exact) mass is 319 g/mol. The van der Waals surface area contributed by atoms with Crippen LogP contribution in [0.3, 0.4) is 0 Å². The van der Waals surface area contributed by atoms with Crippen molar-refractivity contribution in [3.8, 4) is 0 Å². The Morgan fingerprint density at radius 2 is 1.75 bits per heavy atom. The summed E-state index contributed by atoms with van der Waals surface area (Å²) in [7, 11) is 0. The first kappa shape index (κ1) is 16.0. The highest BCUT2D eigenvalue weighted by atomic mass is 16.2. The van der Waals surface area contributed by atoms with E-state index < -0.39 is 0 Å². The molecule has 0 radical (unpaired) electrons. The van der Waals surface area contributed by atoms with Gasteiger partial charge < -0.3 is 10.2 Å². The van der Waals surface area contributed by atoms with E-state index in [0.29, 0.717) is 24.5 Å². The SMILES string of the molecule is C/C=C(/NC(=O)N1CCc2ccccc2C1)C(=N)c1ccccc1. The molecule has 1 heterocycles. The maximum Gasteiger partial charge on any atom is 0.322 e. The molecule has 122 valence electrons. The quantitative estimate of drug-likeness (QED) is 0.832. The van der Waals surface area contributed by atoms with Gasteiger partial charge in [0, 0.05) is 18.7 Å². The topological polar surface area (TPSA) is 56.2 Å². The van der Waals surface area contributed by atoms with Crippen molar-refractivity contribution in [1.29, 1.82) is 5.41 Å². The molecule has 0 saturated heterocycles. The second-order valence-corrected chi connectivity index (χ2v) is 5.81. The van der Waals surface area contributed by atoms with Crippen molar-refractivity contribution >= 4 is 11.7 Å². The van der Waals surface area contributed by atoms with Gasteiger partial charge in [0.25, 0.3) is 0 Å². The molecule has 2 N–H and O–H groups in total. The predicted octanol–water partition coefficient (Wildman–Crippen LogP) is 3.73. The van der Waals surface area contributed by atoms with Crippen molar-refractivity contribution in [2.45, 2.75) is 19.9 Å². The van der Waals surface area contributed by atoms with Gasteiger partial charge in [-0.15, -0.1) is 0 Å². The molecule has 3 rings (SSSR count). The van der Waals surface area contributed by atoms with E-state index in [0.717, 1.165) is 12.0 Å². The summed E-state index contributed by atoms with van der Waals surface area (Å²) in [4.78, 5) is 14.4. The van der Waals surface area contributed by atoms with Crippen molar-refractivity contribution in [3.63, 3.8) is 0 Å². The van der Waals surface area contributed by atoms with Crippen molar-refractivity contribution in [3.05, 3.63) is 83.1 Å². The fourth-order valence-electron chi connectivity index (χ4n) is 2.90. The van der Waals surface area contributed by atoms with Crippen LogP contribution in [0.1, 0.15) is 23.6 Å². The van der Waals surface area contributed by atoms with Gasteiger partial charge in [0.15, 0.2) is 0 Å². The van der Waals surface area contributed by atoms with E-state index in [1.807, 2.05) is 49.4 Å². The van der Waals surface area contributed by atoms with Crippen LogP contribution in [0.25, 0.3) is 0 Å². The van der Waals surface area contributed by atoms with E-state index in [1.54, 1.807) is 11.0 Å². The molecule has 2 aromatic rings. The van der Waals surface area contributed by atoms with Gasteiger partial charge in [0.1, 0.15) is 0 Å². The number of fused-ring (bicyclic) bond motifs is 1. The highest BCUT2D eigenvalue weighted by molar-refractivity contribution is 6.11. The van der Waals surface area contributed by atoms with Crippen LogP contribution in [-0.2, 0) is 13.0 Å². The standard InChI is InChI=1S/C20H21N3O/c1-2-18(19(21)16-9-4-3-5-10-16)22-20(24)23-13-12-15-8-6-7-11-17(15)14-23/h2-11,21H,12-14H2,1H3,(H,22,24)/b18-2+,21-19?. The van der Waals surface area contributed by atoms with Gasteiger partial charge in [-0.05, 0) is 24.5 Å². The lowest BCUT2D eigenvalue weighted by molar-refractivity contribution is 0.195. The number of rotatable bonds is 3. The van der Waals surface area contributed by atoms with E-state index in [4.69, 9.17) is 5.41 Å². The van der Waals surface area contributed by atoms with Crippen LogP contribution >= 0.6 is 0 Å². The molecule has 0 saturated carbocycles. The van der Waals surface area contributed by atoms with Crippen LogP contribution in [0, 0.1) is 5.41 Å². The Morgan fingerprint density at radius 3 is 2.46 bits per heavy atom. The first-order chi connectivity index (χ1) is 11.7. The normalized spacial score (nSPS) is 14.0. The molecule has 24 heavy (non-hydrogen) atoms. The molecule has 1 aliphatic heterocycles. The number of amides is 2. The molecular weight excluding hydrogens is 298 g/mol. The lowest BCUT2D eigenvalue weighted by Gasteiger charge is -2.29. The molecule has 0 unspecified atom stereocenters. The Labute approximate surface area is 142 Å². The number of hydrogen-bond donors (Lipinski definition) is 2. The van der Waals surface area contributed by atoms with Crippen LogP contribution in [0.2, 0.25) is 0 Å². The molecule has 4 heteroatoms. The van der Waals surface area contributed by atoms with Gasteiger partial charge in [0.2, 0.25) is 0 Å². The number of nitrogens with one attached hydrogen (secondary N) is 2. The maximum atomic E-state index is 12.6. The number of carbonyl (C=O) groups excluding carboxylic acids is 1. The van der Waals surface area contributed by atoms with Crippen LogP contribution in [0.15, 0.2) is 66.4 Å². The van der Waals surface area contributed by atoms with Gasteiger partial charge in [-0.2, -0.15) is 0 Å². The minimum absolute atomic E-state index is 0.154. The Morgan fingerprint density at radius 1 is 1.08 bits per heavy atom. The molecule has 0 fully saturated rings. The summed E-state index contributed by atoms with van der Waals surface area (Å²) in [5.74, 6) is 0. The molecular formula is C20H21N3O. The first-order valence-corrected chi connectivity index (χ1v) is 8.12. The number of benzene rings is 2. The fraction of sp³-hybridized carbons (Fsp3) is 0.200. The van der Waals surface area contributed by atoms with E-state index in [1.165, 1.54) is 11.1 Å². The van der Waals surface area contributed by atoms with Crippen LogP contribution < -0.4 is 5.32 Å². The molecule has 0 aromatic heterocycles. The van der Waals surface area contributed by atoms with Crippen molar-refractivity contribution < 1.29 is 4.79 Å². The molecule has 0 spiro atoms. The summed E-state index contributed by atoms with van der Waals surface area (Å²) < 4.78 is 0. The zero-order chi connectivity index (χ0) is 16.9. The summed E-state index contributed by atoms with van der Waals surface area (Å²) in [5.41, 5.74) is 4.15. The van der Waals surface area contributed by atoms with Gasteiger partial charge in [-0.3, -0.25) is 5.41 Å². The van der Waals surface area contributed by atoms with E-state index in [9.17, 15) is 4.79 Å². The van der Waals surface area contributed by atoms with Gasteiger partial charge in [0.05, 0.1) is 11.4 Å². The summed E-state index contributed by atoms with van der Waals surface area (Å²) in [6.07, 6.45) is 2.63. The third kappa shape index (κ3) is 3.38. The van der Waals surface area contributed by atoms with E-state index in [2.05, 4.69) is 17.4 Å². The van der Waals surface area contributed by atoms with E-state index >= 15 is 0 Å². The number of urea groups is 1. The zero-order valence-electron chi connectivity index (χ0n) is 13.8. The van der Waals surface area contributed by atoms with Crippen LogP contribution in [-0.4, -0.2) is 23.2 Å². The molecule has 0 bridgehead atoms. The fourth-order valence-corrected chi connectivity index (χ4v) is 2.90. The third-order valence-corrected chi connectivity index (χ3v) is 4.28. The lowest BCUT2D eigenvalue weighted by Crippen LogP contribution is -2.43. The molecule has 0 atom stereocenters. The van der Waals surface area contributed by atoms with Gasteiger partial charge in [-0.1, -0.05) is 60.7 Å². The Balaban J connectivity index is 1.69. The van der Waals surface area contributed by atoms with Gasteiger partial charge in [-0.25, -0.2) is 4.79 Å². The molecule has 4 nitrogen and oxygen atoms in total. The summed E-state index contributed by atoms with van der Waals surface area (Å²) in [5, 5.41) is 11.2. The predicted molar refractivity (Wildman–Crippen MR) is 96.1 cm³/mol. The minimum Gasteiger partial charge on any atom is -0.320 e. The minimum atomic E-state index is -0.154. The number of allylic oxidation sites excluding steroid dienone is 2. The Kier molecular flexibility index (Phi) is 4.75. The number of nitrogens with zero attached hydrogens (tertiary/aromatic N) is 1. The van der Waals surface area contributed by atoms with E-state index in [-0.39, 0.29) is 6.03 Å². The summed E-state index contributed by atoms with van der Waals surface area (Å²) in [6.45, 7) is 3.13. The molecule has 0 aliphatic carbocycles. The largest absolute Gasteiger partial charge is 0.322 e. The van der Waals surface area contributed by atoms with Gasteiger partial charge >= 0.3 is 6.03 Å². The summed E-state index contributed by atoms with van der Waals surface area (Å²) >= 11 is 0. The third-order valence-electron chi connectivity index (χ3n) is 4.28. The number of hydrogen-bond acceptors (Lipinski definition) is 2. The average Bonchev–Trinajstić information content (AvgIpc) is 2.65. The highest BCUT2D eigenvalue weighted by Gasteiger charge is 2.21. The Hall–Kier alpha value is -2.88. The second kappa shape index (κ2) is 7.13. The van der Waals surface area contributed by atoms with Crippen molar-refractivity contribution in [2.24, 2.45) is 0 Å². The zero-order valence-corrected chi connectivity index (χ0v) is 13.8. The lowest BCUT2D eigenvalue weighted by atomic mass is 10.0.